The van der Waals surface area contributed by atoms with Gasteiger partial charge in [-0.3, -0.25) is 14.2 Å². The summed E-state index contributed by atoms with van der Waals surface area (Å²) in [6.07, 6.45) is 6.26. The van der Waals surface area contributed by atoms with Gasteiger partial charge in [-0.25, -0.2) is 9.97 Å². The minimum Gasteiger partial charge on any atom is -0.476 e. The molecule has 0 spiro atoms. The molecule has 2 bridgehead atoms. The van der Waals surface area contributed by atoms with Crippen molar-refractivity contribution in [1.29, 1.82) is 0 Å². The largest absolute Gasteiger partial charge is 0.476 e. The predicted molar refractivity (Wildman–Crippen MR) is 125 cm³/mol. The molecule has 3 fully saturated rings. The molecule has 3 saturated carbocycles. The molecule has 3 heterocycles. The van der Waals surface area contributed by atoms with Crippen molar-refractivity contribution >= 4 is 28.5 Å². The summed E-state index contributed by atoms with van der Waals surface area (Å²) in [5, 5.41) is 3.90. The molecule has 9 heteroatoms. The van der Waals surface area contributed by atoms with Gasteiger partial charge in [0.15, 0.2) is 5.78 Å². The molecule has 0 radical (unpaired) electrons. The Morgan fingerprint density at radius 3 is 2.58 bits per heavy atom. The number of hydrogen-bond acceptors (Lipinski definition) is 8. The number of ether oxygens (including phenoxy) is 1. The van der Waals surface area contributed by atoms with Crippen molar-refractivity contribution in [2.24, 2.45) is 5.92 Å². The normalized spacial score (nSPS) is 20.9. The number of Topliss-reactive ketones (excluding diaryl/α,β-unsaturated/α-hetero) is 1. The van der Waals surface area contributed by atoms with Gasteiger partial charge in [0.05, 0.1) is 23.0 Å². The molecular formula is C24H28N6O3. The van der Waals surface area contributed by atoms with Gasteiger partial charge in [0.2, 0.25) is 11.8 Å². The number of fused-ring (bicyclic) bond motifs is 1. The van der Waals surface area contributed by atoms with E-state index in [1.54, 1.807) is 30.0 Å². The van der Waals surface area contributed by atoms with E-state index in [4.69, 9.17) is 9.72 Å². The first-order valence-electron chi connectivity index (χ1n) is 11.2. The molecule has 0 amide bonds. The van der Waals surface area contributed by atoms with Crippen LogP contribution in [-0.2, 0) is 5.54 Å². The lowest BCUT2D eigenvalue weighted by Gasteiger charge is -2.62. The van der Waals surface area contributed by atoms with E-state index in [-0.39, 0.29) is 22.4 Å². The van der Waals surface area contributed by atoms with Gasteiger partial charge in [0.1, 0.15) is 12.3 Å². The van der Waals surface area contributed by atoms with E-state index in [1.165, 1.54) is 6.92 Å². The van der Waals surface area contributed by atoms with E-state index in [1.807, 2.05) is 25.1 Å². The summed E-state index contributed by atoms with van der Waals surface area (Å²) in [7, 11) is 3.98. The van der Waals surface area contributed by atoms with Crippen LogP contribution in [0.4, 0.5) is 11.6 Å². The fraction of sp³-hybridized carbons (Fsp3) is 0.458. The maximum absolute atomic E-state index is 13.4. The topological polar surface area (TPSA) is 102 Å². The molecule has 3 aliphatic rings. The molecule has 0 atom stereocenters. The third kappa shape index (κ3) is 3.66. The van der Waals surface area contributed by atoms with Crippen LogP contribution in [0.2, 0.25) is 0 Å². The molecule has 3 aromatic heterocycles. The number of anilines is 2. The van der Waals surface area contributed by atoms with Crippen LogP contribution in [-0.4, -0.2) is 57.4 Å². The van der Waals surface area contributed by atoms with E-state index < -0.39 is 0 Å². The average molecular weight is 449 g/mol. The zero-order valence-electron chi connectivity index (χ0n) is 19.4. The minimum atomic E-state index is -0.240. The number of ketones is 1. The number of aromatic nitrogens is 4. The molecule has 0 aliphatic heterocycles. The van der Waals surface area contributed by atoms with Crippen molar-refractivity contribution in [3.05, 3.63) is 46.0 Å². The molecular weight excluding hydrogens is 420 g/mol. The Morgan fingerprint density at radius 2 is 2.00 bits per heavy atom. The van der Waals surface area contributed by atoms with Gasteiger partial charge >= 0.3 is 0 Å². The smallest absolute Gasteiger partial charge is 0.263 e. The van der Waals surface area contributed by atoms with Crippen molar-refractivity contribution in [3.63, 3.8) is 0 Å². The maximum atomic E-state index is 13.4. The molecule has 3 aromatic rings. The molecule has 172 valence electrons. The second-order valence-electron chi connectivity index (χ2n) is 9.49. The van der Waals surface area contributed by atoms with Crippen molar-refractivity contribution in [2.45, 2.75) is 38.6 Å². The summed E-state index contributed by atoms with van der Waals surface area (Å²) >= 11 is 0. The zero-order chi connectivity index (χ0) is 23.3. The Balaban J connectivity index is 1.47. The summed E-state index contributed by atoms with van der Waals surface area (Å²) in [6.45, 7) is 4.60. The van der Waals surface area contributed by atoms with Crippen LogP contribution in [0.3, 0.4) is 0 Å². The fourth-order valence-corrected chi connectivity index (χ4v) is 4.93. The van der Waals surface area contributed by atoms with Gasteiger partial charge in [0, 0.05) is 24.2 Å². The van der Waals surface area contributed by atoms with Gasteiger partial charge < -0.3 is 15.0 Å². The Hall–Kier alpha value is -3.33. The SMILES string of the molecule is CC(=O)c1c(C)c2cnc(Nc3ccc(OCCN(C)C)nc3)nc2n(C23CC(C2)C3)c1=O. The highest BCUT2D eigenvalue weighted by atomic mass is 16.5. The van der Waals surface area contributed by atoms with E-state index in [9.17, 15) is 9.59 Å². The lowest BCUT2D eigenvalue weighted by molar-refractivity contribution is -0.0884. The number of hydrogen-bond donors (Lipinski definition) is 1. The van der Waals surface area contributed by atoms with Crippen LogP contribution in [0.15, 0.2) is 29.3 Å². The number of nitrogens with zero attached hydrogens (tertiary/aromatic N) is 5. The van der Waals surface area contributed by atoms with Gasteiger partial charge in [-0.2, -0.15) is 4.98 Å². The highest BCUT2D eigenvalue weighted by Gasteiger charge is 2.59. The first kappa shape index (κ1) is 21.5. The van der Waals surface area contributed by atoms with Crippen LogP contribution in [0, 0.1) is 12.8 Å². The number of nitrogens with one attached hydrogen (secondary N) is 1. The Bertz CT molecular complexity index is 1280. The van der Waals surface area contributed by atoms with Crippen LogP contribution in [0.5, 0.6) is 5.88 Å². The highest BCUT2D eigenvalue weighted by Crippen LogP contribution is 2.62. The van der Waals surface area contributed by atoms with Crippen LogP contribution in [0.25, 0.3) is 11.0 Å². The Morgan fingerprint density at radius 1 is 1.24 bits per heavy atom. The lowest BCUT2D eigenvalue weighted by Crippen LogP contribution is -2.62. The summed E-state index contributed by atoms with van der Waals surface area (Å²) in [6, 6.07) is 3.64. The van der Waals surface area contributed by atoms with E-state index >= 15 is 0 Å². The zero-order valence-corrected chi connectivity index (χ0v) is 19.4. The summed E-state index contributed by atoms with van der Waals surface area (Å²) in [5.74, 6) is 1.38. The number of carbonyl (C=O) groups excluding carboxylic acids is 1. The Kier molecular flexibility index (Phi) is 5.16. The van der Waals surface area contributed by atoms with Gasteiger partial charge in [0.25, 0.3) is 5.56 Å². The molecule has 0 saturated heterocycles. The molecule has 1 N–H and O–H groups in total. The first-order valence-corrected chi connectivity index (χ1v) is 11.2. The molecule has 9 nitrogen and oxygen atoms in total. The second kappa shape index (κ2) is 7.91. The van der Waals surface area contributed by atoms with E-state index in [2.05, 4.69) is 15.3 Å². The third-order valence-electron chi connectivity index (χ3n) is 6.79. The van der Waals surface area contributed by atoms with Crippen LogP contribution < -0.4 is 15.6 Å². The van der Waals surface area contributed by atoms with Crippen molar-refractivity contribution < 1.29 is 9.53 Å². The number of likely N-dealkylation sites (N-methyl/N-ethyl adjacent to an activating group) is 1. The lowest BCUT2D eigenvalue weighted by atomic mass is 9.49. The number of aryl methyl sites for hydroxylation is 1. The standard InChI is InChI=1S/C24H28N6O3/c1-14-18-13-26-23(27-17-5-6-19(25-12-17)33-8-7-29(3)4)28-21(18)30(22(32)20(14)15(2)31)24-9-16(10-24)11-24/h5-6,12-13,16H,7-11H2,1-4H3,(H,26,27,28). The summed E-state index contributed by atoms with van der Waals surface area (Å²) < 4.78 is 7.40. The minimum absolute atomic E-state index is 0.212. The van der Waals surface area contributed by atoms with Crippen LogP contribution >= 0.6 is 0 Å². The van der Waals surface area contributed by atoms with Crippen molar-refractivity contribution in [2.75, 3.05) is 32.6 Å². The predicted octanol–water partition coefficient (Wildman–Crippen LogP) is 2.89. The van der Waals surface area contributed by atoms with Gasteiger partial charge in [-0.1, -0.05) is 0 Å². The third-order valence-corrected chi connectivity index (χ3v) is 6.79. The van der Waals surface area contributed by atoms with Gasteiger partial charge in [-0.15, -0.1) is 0 Å². The van der Waals surface area contributed by atoms with E-state index in [0.717, 1.165) is 31.2 Å². The molecule has 0 aromatic carbocycles. The van der Waals surface area contributed by atoms with E-state index in [0.29, 0.717) is 41.3 Å². The summed E-state index contributed by atoms with van der Waals surface area (Å²) in [4.78, 5) is 41.2. The number of pyridine rings is 2. The number of carbonyl (C=O) groups is 1. The number of rotatable bonds is 8. The van der Waals surface area contributed by atoms with Crippen LogP contribution in [0.1, 0.15) is 42.1 Å². The summed E-state index contributed by atoms with van der Waals surface area (Å²) in [5.41, 5.74) is 1.72. The van der Waals surface area contributed by atoms with Crippen molar-refractivity contribution in [1.82, 2.24) is 24.4 Å². The molecule has 3 aliphatic carbocycles. The van der Waals surface area contributed by atoms with Gasteiger partial charge in [-0.05, 0) is 64.8 Å². The monoisotopic (exact) mass is 448 g/mol. The quantitative estimate of drug-likeness (QED) is 0.525. The second-order valence-corrected chi connectivity index (χ2v) is 9.49. The fourth-order valence-electron chi connectivity index (χ4n) is 4.93. The maximum Gasteiger partial charge on any atom is 0.263 e. The molecule has 6 rings (SSSR count). The average Bonchev–Trinajstić information content (AvgIpc) is 2.69. The first-order chi connectivity index (χ1) is 15.8. The highest BCUT2D eigenvalue weighted by molar-refractivity contribution is 5.99. The van der Waals surface area contributed by atoms with Crippen molar-refractivity contribution in [3.8, 4) is 5.88 Å². The molecule has 0 unspecified atom stereocenters. The molecule has 33 heavy (non-hydrogen) atoms. The Labute approximate surface area is 191 Å².